The third-order valence-corrected chi connectivity index (χ3v) is 3.16. The summed E-state index contributed by atoms with van der Waals surface area (Å²) < 4.78 is 2.72. The van der Waals surface area contributed by atoms with Crippen molar-refractivity contribution < 1.29 is 4.79 Å². The van der Waals surface area contributed by atoms with Crippen molar-refractivity contribution in [3.8, 4) is 0 Å². The molecule has 1 amide bonds. The minimum Gasteiger partial charge on any atom is -0.368 e. The zero-order chi connectivity index (χ0) is 12.9. The molecule has 0 bridgehead atoms. The van der Waals surface area contributed by atoms with Crippen molar-refractivity contribution in [2.24, 2.45) is 5.73 Å². The molecule has 1 aromatic heterocycles. The Morgan fingerprint density at radius 3 is 2.88 bits per heavy atom. The number of primary amides is 1. The first-order valence-corrected chi connectivity index (χ1v) is 6.50. The maximum Gasteiger partial charge on any atom is 0.237 e. The number of nitrogens with one attached hydrogen (secondary N) is 1. The summed E-state index contributed by atoms with van der Waals surface area (Å²) >= 11 is 3.33. The molecule has 0 radical (unpaired) electrons. The van der Waals surface area contributed by atoms with Crippen LogP contribution in [0.4, 0.5) is 0 Å². The monoisotopic (exact) mass is 302 g/mol. The summed E-state index contributed by atoms with van der Waals surface area (Å²) in [4.78, 5) is 11.5. The number of carbonyl (C=O) groups excluding carboxylic acids is 1. The molecular weight excluding hydrogens is 284 g/mol. The molecule has 3 N–H and O–H groups in total. The zero-order valence-electron chi connectivity index (χ0n) is 10.2. The number of rotatable bonds is 7. The average molecular weight is 303 g/mol. The van der Waals surface area contributed by atoms with Crippen LogP contribution in [0.3, 0.4) is 0 Å². The normalized spacial score (nSPS) is 14.5. The van der Waals surface area contributed by atoms with Crippen LogP contribution in [0.2, 0.25) is 0 Å². The smallest absolute Gasteiger partial charge is 0.237 e. The number of halogens is 1. The molecule has 96 valence electrons. The second-order valence-electron chi connectivity index (χ2n) is 4.29. The van der Waals surface area contributed by atoms with Gasteiger partial charge in [-0.05, 0) is 42.2 Å². The van der Waals surface area contributed by atoms with E-state index in [1.807, 2.05) is 13.1 Å². The first-order chi connectivity index (χ1) is 7.98. The highest BCUT2D eigenvalue weighted by atomic mass is 79.9. The van der Waals surface area contributed by atoms with Gasteiger partial charge in [-0.15, -0.1) is 0 Å². The van der Waals surface area contributed by atoms with E-state index in [1.54, 1.807) is 10.9 Å². The minimum atomic E-state index is -0.672. The van der Waals surface area contributed by atoms with Crippen LogP contribution in [0.5, 0.6) is 0 Å². The standard InChI is InChI=1S/C11H19BrN4O/c1-3-5-14-11(2,10(13)17)4-6-16-8-9(12)7-15-16/h7-8,14H,3-6H2,1-2H3,(H2,13,17). The van der Waals surface area contributed by atoms with Gasteiger partial charge in [-0.1, -0.05) is 6.92 Å². The Bertz CT molecular complexity index is 379. The molecule has 5 nitrogen and oxygen atoms in total. The fraction of sp³-hybridized carbons (Fsp3) is 0.636. The minimum absolute atomic E-state index is 0.322. The van der Waals surface area contributed by atoms with Gasteiger partial charge in [-0.3, -0.25) is 9.48 Å². The van der Waals surface area contributed by atoms with Crippen molar-refractivity contribution in [3.63, 3.8) is 0 Å². The van der Waals surface area contributed by atoms with E-state index in [9.17, 15) is 4.79 Å². The van der Waals surface area contributed by atoms with Gasteiger partial charge in [0, 0.05) is 12.7 Å². The maximum absolute atomic E-state index is 11.5. The zero-order valence-corrected chi connectivity index (χ0v) is 11.8. The molecular formula is C11H19BrN4O. The molecule has 0 saturated carbocycles. The van der Waals surface area contributed by atoms with E-state index in [1.165, 1.54) is 0 Å². The highest BCUT2D eigenvalue weighted by Crippen LogP contribution is 2.12. The maximum atomic E-state index is 11.5. The van der Waals surface area contributed by atoms with Crippen LogP contribution in [0.25, 0.3) is 0 Å². The summed E-state index contributed by atoms with van der Waals surface area (Å²) in [6, 6.07) is 0. The Morgan fingerprint density at radius 2 is 2.41 bits per heavy atom. The molecule has 1 unspecified atom stereocenters. The van der Waals surface area contributed by atoms with Gasteiger partial charge in [0.15, 0.2) is 0 Å². The summed E-state index contributed by atoms with van der Waals surface area (Å²) in [7, 11) is 0. The van der Waals surface area contributed by atoms with Gasteiger partial charge >= 0.3 is 0 Å². The third-order valence-electron chi connectivity index (χ3n) is 2.75. The number of hydrogen-bond donors (Lipinski definition) is 2. The van der Waals surface area contributed by atoms with E-state index in [0.717, 1.165) is 17.4 Å². The van der Waals surface area contributed by atoms with Crippen LogP contribution in [-0.4, -0.2) is 27.8 Å². The molecule has 0 aliphatic rings. The first kappa shape index (κ1) is 14.2. The summed E-state index contributed by atoms with van der Waals surface area (Å²) in [6.45, 7) is 5.33. The van der Waals surface area contributed by atoms with Crippen LogP contribution < -0.4 is 11.1 Å². The Morgan fingerprint density at radius 1 is 1.71 bits per heavy atom. The largest absolute Gasteiger partial charge is 0.368 e. The summed E-state index contributed by atoms with van der Waals surface area (Å²) in [5.74, 6) is -0.322. The van der Waals surface area contributed by atoms with E-state index in [-0.39, 0.29) is 5.91 Å². The molecule has 0 aliphatic heterocycles. The van der Waals surface area contributed by atoms with Gasteiger partial charge in [0.2, 0.25) is 5.91 Å². The van der Waals surface area contributed by atoms with Crippen molar-refractivity contribution in [2.75, 3.05) is 6.54 Å². The molecule has 0 aromatic carbocycles. The summed E-state index contributed by atoms with van der Waals surface area (Å²) in [5.41, 5.74) is 4.77. The van der Waals surface area contributed by atoms with E-state index in [4.69, 9.17) is 5.73 Å². The van der Waals surface area contributed by atoms with Crippen molar-refractivity contribution in [2.45, 2.75) is 38.8 Å². The second-order valence-corrected chi connectivity index (χ2v) is 5.21. The Kier molecular flexibility index (Phi) is 5.14. The van der Waals surface area contributed by atoms with Crippen LogP contribution in [0, 0.1) is 0 Å². The van der Waals surface area contributed by atoms with Crippen LogP contribution >= 0.6 is 15.9 Å². The second kappa shape index (κ2) is 6.16. The highest BCUT2D eigenvalue weighted by molar-refractivity contribution is 9.10. The third kappa shape index (κ3) is 4.12. The van der Waals surface area contributed by atoms with Gasteiger partial charge in [-0.2, -0.15) is 5.10 Å². The number of carbonyl (C=O) groups is 1. The predicted molar refractivity (Wildman–Crippen MR) is 70.4 cm³/mol. The summed E-state index contributed by atoms with van der Waals surface area (Å²) in [5, 5.41) is 7.34. The Labute approximate surface area is 110 Å². The number of nitrogens with two attached hydrogens (primary N) is 1. The highest BCUT2D eigenvalue weighted by Gasteiger charge is 2.29. The first-order valence-electron chi connectivity index (χ1n) is 5.71. The van der Waals surface area contributed by atoms with Crippen molar-refractivity contribution in [1.29, 1.82) is 0 Å². The van der Waals surface area contributed by atoms with Gasteiger partial charge in [0.1, 0.15) is 0 Å². The number of nitrogens with zero attached hydrogens (tertiary/aromatic N) is 2. The quantitative estimate of drug-likeness (QED) is 0.797. The fourth-order valence-electron chi connectivity index (χ4n) is 1.50. The molecule has 1 atom stereocenters. The molecule has 17 heavy (non-hydrogen) atoms. The van der Waals surface area contributed by atoms with Crippen LogP contribution in [-0.2, 0) is 11.3 Å². The lowest BCUT2D eigenvalue weighted by Gasteiger charge is -2.27. The lowest BCUT2D eigenvalue weighted by Crippen LogP contribution is -2.53. The SMILES string of the molecule is CCCNC(C)(CCn1cc(Br)cn1)C(N)=O. The number of hydrogen-bond acceptors (Lipinski definition) is 3. The van der Waals surface area contributed by atoms with Crippen molar-refractivity contribution in [1.82, 2.24) is 15.1 Å². The van der Waals surface area contributed by atoms with E-state index >= 15 is 0 Å². The lowest BCUT2D eigenvalue weighted by atomic mass is 9.97. The fourth-order valence-corrected chi connectivity index (χ4v) is 1.83. The van der Waals surface area contributed by atoms with E-state index in [2.05, 4.69) is 33.3 Å². The number of amides is 1. The Hall–Kier alpha value is -0.880. The van der Waals surface area contributed by atoms with Crippen molar-refractivity contribution >= 4 is 21.8 Å². The Balaban J connectivity index is 2.58. The van der Waals surface area contributed by atoms with Gasteiger partial charge in [-0.25, -0.2) is 0 Å². The molecule has 1 heterocycles. The molecule has 0 spiro atoms. The topological polar surface area (TPSA) is 72.9 Å². The van der Waals surface area contributed by atoms with Crippen LogP contribution in [0.15, 0.2) is 16.9 Å². The number of aryl methyl sites for hydroxylation is 1. The number of aromatic nitrogens is 2. The molecule has 0 saturated heterocycles. The van der Waals surface area contributed by atoms with E-state index in [0.29, 0.717) is 13.0 Å². The molecule has 0 fully saturated rings. The average Bonchev–Trinajstić information content (AvgIpc) is 2.69. The van der Waals surface area contributed by atoms with Gasteiger partial charge in [0.25, 0.3) is 0 Å². The molecule has 0 aliphatic carbocycles. The van der Waals surface area contributed by atoms with Crippen LogP contribution in [0.1, 0.15) is 26.7 Å². The summed E-state index contributed by atoms with van der Waals surface area (Å²) in [6.07, 6.45) is 5.19. The lowest BCUT2D eigenvalue weighted by molar-refractivity contribution is -0.124. The molecule has 6 heteroatoms. The molecule has 1 rings (SSSR count). The predicted octanol–water partition coefficient (Wildman–Crippen LogP) is 1.28. The van der Waals surface area contributed by atoms with E-state index < -0.39 is 5.54 Å². The van der Waals surface area contributed by atoms with Crippen molar-refractivity contribution in [3.05, 3.63) is 16.9 Å². The van der Waals surface area contributed by atoms with Gasteiger partial charge in [0.05, 0.1) is 16.2 Å². The molecule has 1 aromatic rings. The van der Waals surface area contributed by atoms with Gasteiger partial charge < -0.3 is 11.1 Å².